The molecular weight excluding hydrogens is 363 g/mol. The number of halogens is 3. The van der Waals surface area contributed by atoms with Crippen molar-refractivity contribution in [2.75, 3.05) is 0 Å². The van der Waals surface area contributed by atoms with Gasteiger partial charge in [-0.15, -0.1) is 0 Å². The van der Waals surface area contributed by atoms with Crippen molar-refractivity contribution in [2.45, 2.75) is 6.61 Å². The average molecular weight is 372 g/mol. The van der Waals surface area contributed by atoms with Gasteiger partial charge in [0.1, 0.15) is 0 Å². The molecule has 6 heteroatoms. The molecule has 0 fully saturated rings. The summed E-state index contributed by atoms with van der Waals surface area (Å²) in [5.41, 5.74) is 2.82. The van der Waals surface area contributed by atoms with Gasteiger partial charge in [0.2, 0.25) is 0 Å². The number of pyridine rings is 1. The number of nitrogens with zero attached hydrogens (tertiary/aromatic N) is 2. The summed E-state index contributed by atoms with van der Waals surface area (Å²) in [6.45, 7) is -0.133. The highest BCUT2D eigenvalue weighted by molar-refractivity contribution is 9.10. The first-order valence-corrected chi connectivity index (χ1v) is 7.38. The highest BCUT2D eigenvalue weighted by atomic mass is 79.9. The van der Waals surface area contributed by atoms with Gasteiger partial charge in [0.25, 0.3) is 0 Å². The Bertz CT molecular complexity index is 801. The topological polar surface area (TPSA) is 37.5 Å². The summed E-state index contributed by atoms with van der Waals surface area (Å²) < 4.78 is 2.69. The van der Waals surface area contributed by atoms with Gasteiger partial charge in [-0.2, -0.15) is 0 Å². The normalized spacial score (nSPS) is 11.2. The van der Waals surface area contributed by atoms with Crippen LogP contribution < -0.4 is 0 Å². The molecule has 0 atom stereocenters. The van der Waals surface area contributed by atoms with Crippen LogP contribution in [0.25, 0.3) is 16.9 Å². The minimum Gasteiger partial charge on any atom is -0.390 e. The molecule has 0 spiro atoms. The first-order valence-electron chi connectivity index (χ1n) is 5.83. The Morgan fingerprint density at radius 1 is 1.25 bits per heavy atom. The lowest BCUT2D eigenvalue weighted by molar-refractivity contribution is 0.276. The lowest BCUT2D eigenvalue weighted by Gasteiger charge is -2.04. The van der Waals surface area contributed by atoms with Crippen LogP contribution in [0.5, 0.6) is 0 Å². The van der Waals surface area contributed by atoms with E-state index in [9.17, 15) is 5.11 Å². The molecule has 20 heavy (non-hydrogen) atoms. The van der Waals surface area contributed by atoms with E-state index in [2.05, 4.69) is 20.9 Å². The largest absolute Gasteiger partial charge is 0.390 e. The van der Waals surface area contributed by atoms with Crippen molar-refractivity contribution in [3.05, 3.63) is 56.7 Å². The number of benzene rings is 1. The maximum Gasteiger partial charge on any atom is 0.152 e. The Labute approximate surface area is 133 Å². The first-order chi connectivity index (χ1) is 9.61. The molecule has 3 aromatic rings. The van der Waals surface area contributed by atoms with Gasteiger partial charge in [0.15, 0.2) is 5.65 Å². The molecule has 3 nitrogen and oxygen atoms in total. The molecular formula is C14H9BrCl2N2O. The lowest BCUT2D eigenvalue weighted by Crippen LogP contribution is -1.94. The van der Waals surface area contributed by atoms with Gasteiger partial charge in [-0.05, 0) is 46.3 Å². The quantitative estimate of drug-likeness (QED) is 0.716. The van der Waals surface area contributed by atoms with Gasteiger partial charge in [0, 0.05) is 16.8 Å². The minimum absolute atomic E-state index is 0.133. The zero-order valence-electron chi connectivity index (χ0n) is 10.1. The van der Waals surface area contributed by atoms with Gasteiger partial charge in [-0.1, -0.05) is 23.2 Å². The summed E-state index contributed by atoms with van der Waals surface area (Å²) in [5, 5.41) is 10.7. The highest BCUT2D eigenvalue weighted by Gasteiger charge is 2.17. The summed E-state index contributed by atoms with van der Waals surface area (Å²) in [6.07, 6.45) is 1.85. The Hall–Kier alpha value is -1.07. The van der Waals surface area contributed by atoms with E-state index in [-0.39, 0.29) is 6.61 Å². The summed E-state index contributed by atoms with van der Waals surface area (Å²) in [4.78, 5) is 4.57. The van der Waals surface area contributed by atoms with Crippen LogP contribution in [0.4, 0.5) is 0 Å². The second kappa shape index (κ2) is 5.37. The van der Waals surface area contributed by atoms with Crippen LogP contribution >= 0.6 is 39.1 Å². The molecule has 0 saturated heterocycles. The summed E-state index contributed by atoms with van der Waals surface area (Å²) in [6, 6.07) is 9.00. The predicted octanol–water partition coefficient (Wildman–Crippen LogP) is 4.56. The summed E-state index contributed by atoms with van der Waals surface area (Å²) in [7, 11) is 0. The number of aliphatic hydroxyl groups excluding tert-OH is 1. The number of aromatic nitrogens is 2. The molecule has 0 radical (unpaired) electrons. The van der Waals surface area contributed by atoms with Crippen LogP contribution in [0, 0.1) is 0 Å². The van der Waals surface area contributed by atoms with Crippen LogP contribution in [0.3, 0.4) is 0 Å². The molecule has 0 amide bonds. The van der Waals surface area contributed by atoms with E-state index in [1.165, 1.54) is 0 Å². The molecule has 0 aliphatic heterocycles. The second-order valence-electron chi connectivity index (χ2n) is 4.24. The van der Waals surface area contributed by atoms with Crippen LogP contribution in [-0.2, 0) is 6.61 Å². The van der Waals surface area contributed by atoms with Crippen LogP contribution in [0.15, 0.2) is 41.0 Å². The number of aliphatic hydroxyl groups is 1. The third kappa shape index (κ3) is 2.23. The van der Waals surface area contributed by atoms with Gasteiger partial charge in [-0.3, -0.25) is 0 Å². The van der Waals surface area contributed by atoms with Crippen LogP contribution in [0.1, 0.15) is 5.69 Å². The molecule has 1 N–H and O–H groups in total. The highest BCUT2D eigenvalue weighted by Crippen LogP contribution is 2.33. The standard InChI is InChI=1S/C14H9BrCl2N2O/c15-10-2-1-5-19-12(7-20)13(18-14(10)19)9-4-3-8(16)6-11(9)17/h1-6,20H,7H2. The Morgan fingerprint density at radius 3 is 2.75 bits per heavy atom. The zero-order valence-corrected chi connectivity index (χ0v) is 13.2. The molecule has 1 aromatic carbocycles. The molecule has 3 rings (SSSR count). The fraction of sp³-hybridized carbons (Fsp3) is 0.0714. The van der Waals surface area contributed by atoms with Gasteiger partial charge >= 0.3 is 0 Å². The van der Waals surface area contributed by atoms with Gasteiger partial charge in [0.05, 0.1) is 27.5 Å². The molecule has 2 heterocycles. The van der Waals surface area contributed by atoms with Crippen molar-refractivity contribution < 1.29 is 5.11 Å². The Kier molecular flexibility index (Phi) is 3.73. The third-order valence-electron chi connectivity index (χ3n) is 3.04. The van der Waals surface area contributed by atoms with Crippen molar-refractivity contribution in [3.63, 3.8) is 0 Å². The Balaban J connectivity index is 2.33. The molecule has 2 aromatic heterocycles. The van der Waals surface area contributed by atoms with E-state index in [0.717, 1.165) is 15.7 Å². The smallest absolute Gasteiger partial charge is 0.152 e. The van der Waals surface area contributed by atoms with E-state index in [4.69, 9.17) is 23.2 Å². The third-order valence-corrected chi connectivity index (χ3v) is 4.20. The summed E-state index contributed by atoms with van der Waals surface area (Å²) >= 11 is 15.6. The fourth-order valence-electron chi connectivity index (χ4n) is 2.13. The number of hydrogen-bond donors (Lipinski definition) is 1. The lowest BCUT2D eigenvalue weighted by atomic mass is 10.1. The predicted molar refractivity (Wildman–Crippen MR) is 84.3 cm³/mol. The number of imidazole rings is 1. The van der Waals surface area contributed by atoms with Crippen molar-refractivity contribution in [2.24, 2.45) is 0 Å². The number of rotatable bonds is 2. The molecule has 0 aliphatic rings. The SMILES string of the molecule is OCc1c(-c2ccc(Cl)cc2Cl)nc2c(Br)cccn12. The van der Waals surface area contributed by atoms with Crippen molar-refractivity contribution in [3.8, 4) is 11.3 Å². The van der Waals surface area contributed by atoms with E-state index in [1.807, 2.05) is 22.7 Å². The molecule has 0 saturated carbocycles. The van der Waals surface area contributed by atoms with Crippen LogP contribution in [-0.4, -0.2) is 14.5 Å². The zero-order chi connectivity index (χ0) is 14.3. The van der Waals surface area contributed by atoms with Crippen molar-refractivity contribution >= 4 is 44.8 Å². The van der Waals surface area contributed by atoms with Crippen molar-refractivity contribution in [1.29, 1.82) is 0 Å². The Morgan fingerprint density at radius 2 is 2.05 bits per heavy atom. The summed E-state index contributed by atoms with van der Waals surface area (Å²) in [5.74, 6) is 0. The van der Waals surface area contributed by atoms with Gasteiger partial charge < -0.3 is 9.51 Å². The fourth-order valence-corrected chi connectivity index (χ4v) is 3.06. The average Bonchev–Trinajstić information content (AvgIpc) is 2.78. The molecule has 0 aliphatic carbocycles. The van der Waals surface area contributed by atoms with E-state index < -0.39 is 0 Å². The van der Waals surface area contributed by atoms with E-state index in [1.54, 1.807) is 18.2 Å². The maximum atomic E-state index is 9.66. The monoisotopic (exact) mass is 370 g/mol. The molecule has 0 bridgehead atoms. The minimum atomic E-state index is -0.133. The number of hydrogen-bond acceptors (Lipinski definition) is 2. The van der Waals surface area contributed by atoms with E-state index in [0.29, 0.717) is 21.4 Å². The van der Waals surface area contributed by atoms with E-state index >= 15 is 0 Å². The first kappa shape index (κ1) is 13.9. The molecule has 102 valence electrons. The maximum absolute atomic E-state index is 9.66. The van der Waals surface area contributed by atoms with Crippen LogP contribution in [0.2, 0.25) is 10.0 Å². The van der Waals surface area contributed by atoms with Gasteiger partial charge in [-0.25, -0.2) is 4.98 Å². The number of fused-ring (bicyclic) bond motifs is 1. The second-order valence-corrected chi connectivity index (χ2v) is 5.94. The molecule has 0 unspecified atom stereocenters. The van der Waals surface area contributed by atoms with Crippen molar-refractivity contribution in [1.82, 2.24) is 9.38 Å².